The molecule has 4 nitrogen and oxygen atoms in total. The van der Waals surface area contributed by atoms with Gasteiger partial charge in [-0.1, -0.05) is 12.1 Å². The number of rotatable bonds is 3. The molecule has 0 spiro atoms. The lowest BCUT2D eigenvalue weighted by atomic mass is 9.96. The third-order valence-corrected chi connectivity index (χ3v) is 5.06. The summed E-state index contributed by atoms with van der Waals surface area (Å²) >= 11 is 0. The van der Waals surface area contributed by atoms with Crippen LogP contribution in [0.3, 0.4) is 0 Å². The van der Waals surface area contributed by atoms with Crippen LogP contribution < -0.4 is 9.47 Å². The maximum Gasteiger partial charge on any atom is 0.253 e. The molecule has 0 bridgehead atoms. The van der Waals surface area contributed by atoms with E-state index in [2.05, 4.69) is 12.1 Å². The number of amides is 1. The van der Waals surface area contributed by atoms with Gasteiger partial charge in [-0.05, 0) is 41.8 Å². The van der Waals surface area contributed by atoms with Crippen LogP contribution in [0.4, 0.5) is 4.39 Å². The zero-order chi connectivity index (χ0) is 17.4. The van der Waals surface area contributed by atoms with E-state index in [-0.39, 0.29) is 11.7 Å². The van der Waals surface area contributed by atoms with Gasteiger partial charge in [-0.2, -0.15) is 0 Å². The van der Waals surface area contributed by atoms with Crippen LogP contribution in [0.1, 0.15) is 33.8 Å². The Labute approximate surface area is 146 Å². The maximum absolute atomic E-state index is 13.9. The molecule has 1 saturated heterocycles. The lowest BCUT2D eigenvalue weighted by molar-refractivity contribution is 0.0790. The number of nitrogens with zero attached hydrogens (tertiary/aromatic N) is 1. The average molecular weight is 341 g/mol. The van der Waals surface area contributed by atoms with Crippen molar-refractivity contribution in [1.29, 1.82) is 0 Å². The number of ether oxygens (including phenoxy) is 2. The quantitative estimate of drug-likeness (QED) is 0.859. The van der Waals surface area contributed by atoms with Crippen molar-refractivity contribution in [3.63, 3.8) is 0 Å². The van der Waals surface area contributed by atoms with Gasteiger partial charge in [-0.25, -0.2) is 4.39 Å². The van der Waals surface area contributed by atoms with E-state index in [1.807, 2.05) is 6.07 Å². The molecular weight excluding hydrogens is 321 g/mol. The molecule has 2 aromatic carbocycles. The van der Waals surface area contributed by atoms with Gasteiger partial charge >= 0.3 is 0 Å². The van der Waals surface area contributed by atoms with E-state index < -0.39 is 5.82 Å². The monoisotopic (exact) mass is 341 g/mol. The third kappa shape index (κ3) is 2.95. The van der Waals surface area contributed by atoms with Gasteiger partial charge in [-0.15, -0.1) is 0 Å². The van der Waals surface area contributed by atoms with Gasteiger partial charge in [0, 0.05) is 31.0 Å². The molecule has 2 aliphatic rings. The number of carbonyl (C=O) groups excluding carboxylic acids is 1. The topological polar surface area (TPSA) is 38.8 Å². The second kappa shape index (κ2) is 6.39. The van der Waals surface area contributed by atoms with Gasteiger partial charge in [0.15, 0.2) is 11.6 Å². The van der Waals surface area contributed by atoms with E-state index in [0.717, 1.165) is 25.2 Å². The van der Waals surface area contributed by atoms with Crippen LogP contribution in [0.25, 0.3) is 0 Å². The summed E-state index contributed by atoms with van der Waals surface area (Å²) in [6.45, 7) is 2.09. The minimum Gasteiger partial charge on any atom is -0.494 e. The molecule has 1 unspecified atom stereocenters. The highest BCUT2D eigenvalue weighted by Crippen LogP contribution is 2.33. The molecule has 25 heavy (non-hydrogen) atoms. The van der Waals surface area contributed by atoms with Crippen LogP contribution in [0.5, 0.6) is 11.5 Å². The maximum atomic E-state index is 13.9. The summed E-state index contributed by atoms with van der Waals surface area (Å²) < 4.78 is 24.3. The molecule has 5 heteroatoms. The number of hydrogen-bond donors (Lipinski definition) is 0. The zero-order valence-electron chi connectivity index (χ0n) is 14.1. The van der Waals surface area contributed by atoms with E-state index in [1.165, 1.54) is 30.4 Å². The third-order valence-electron chi connectivity index (χ3n) is 5.06. The van der Waals surface area contributed by atoms with Crippen molar-refractivity contribution in [2.24, 2.45) is 0 Å². The van der Waals surface area contributed by atoms with E-state index in [9.17, 15) is 9.18 Å². The summed E-state index contributed by atoms with van der Waals surface area (Å²) in [5.41, 5.74) is 2.86. The molecule has 2 aromatic rings. The molecule has 2 heterocycles. The first-order chi connectivity index (χ1) is 12.2. The van der Waals surface area contributed by atoms with Crippen molar-refractivity contribution in [1.82, 2.24) is 4.90 Å². The predicted octanol–water partition coefficient (Wildman–Crippen LogP) is 3.40. The minimum absolute atomic E-state index is 0.131. The van der Waals surface area contributed by atoms with Crippen molar-refractivity contribution < 1.29 is 18.7 Å². The fourth-order valence-electron chi connectivity index (χ4n) is 3.66. The molecule has 1 atom stereocenters. The summed E-state index contributed by atoms with van der Waals surface area (Å²) in [5, 5.41) is 0. The van der Waals surface area contributed by atoms with E-state index in [0.29, 0.717) is 24.6 Å². The number of fused-ring (bicyclic) bond motifs is 1. The Hall–Kier alpha value is -2.56. The number of likely N-dealkylation sites (tertiary alicyclic amines) is 1. The van der Waals surface area contributed by atoms with Gasteiger partial charge in [0.1, 0.15) is 5.75 Å². The molecule has 0 aliphatic carbocycles. The van der Waals surface area contributed by atoms with Gasteiger partial charge < -0.3 is 14.4 Å². The Morgan fingerprint density at radius 2 is 2.16 bits per heavy atom. The summed E-state index contributed by atoms with van der Waals surface area (Å²) in [5.74, 6) is 0.800. The highest BCUT2D eigenvalue weighted by atomic mass is 19.1. The van der Waals surface area contributed by atoms with E-state index >= 15 is 0 Å². The van der Waals surface area contributed by atoms with Gasteiger partial charge in [0.25, 0.3) is 5.91 Å². The van der Waals surface area contributed by atoms with Crippen molar-refractivity contribution in [3.8, 4) is 11.5 Å². The van der Waals surface area contributed by atoms with Crippen molar-refractivity contribution in [3.05, 3.63) is 58.9 Å². The van der Waals surface area contributed by atoms with Crippen molar-refractivity contribution in [2.45, 2.75) is 18.8 Å². The predicted molar refractivity (Wildman–Crippen MR) is 91.9 cm³/mol. The second-order valence-corrected chi connectivity index (χ2v) is 6.55. The Balaban J connectivity index is 1.48. The Morgan fingerprint density at radius 3 is 2.96 bits per heavy atom. The van der Waals surface area contributed by atoms with Crippen LogP contribution >= 0.6 is 0 Å². The largest absolute Gasteiger partial charge is 0.494 e. The molecular formula is C20H20FNO3. The fourth-order valence-corrected chi connectivity index (χ4v) is 3.66. The summed E-state index contributed by atoms with van der Waals surface area (Å²) in [7, 11) is 1.41. The first kappa shape index (κ1) is 15.9. The number of carbonyl (C=O) groups is 1. The summed E-state index contributed by atoms with van der Waals surface area (Å²) in [6, 6.07) is 10.7. The summed E-state index contributed by atoms with van der Waals surface area (Å²) in [6.07, 6.45) is 1.87. The Bertz CT molecular complexity index is 821. The molecule has 1 fully saturated rings. The normalized spacial score (nSPS) is 18.8. The highest BCUT2D eigenvalue weighted by molar-refractivity contribution is 5.94. The molecule has 2 aliphatic heterocycles. The molecule has 1 amide bonds. The second-order valence-electron chi connectivity index (χ2n) is 6.55. The molecule has 0 aromatic heterocycles. The van der Waals surface area contributed by atoms with E-state index in [1.54, 1.807) is 11.0 Å². The van der Waals surface area contributed by atoms with Crippen molar-refractivity contribution >= 4 is 5.91 Å². The lowest BCUT2D eigenvalue weighted by Crippen LogP contribution is -2.28. The van der Waals surface area contributed by atoms with Gasteiger partial charge in [-0.3, -0.25) is 4.79 Å². The van der Waals surface area contributed by atoms with E-state index in [4.69, 9.17) is 9.47 Å². The molecule has 4 rings (SSSR count). The lowest BCUT2D eigenvalue weighted by Gasteiger charge is -2.17. The molecule has 0 N–H and O–H groups in total. The minimum atomic E-state index is -0.511. The standard InChI is InChI=1S/C20H20FNO3/c1-24-19-5-3-15(11-17(19)21)20(23)22-8-6-16(12-22)13-2-4-18-14(10-13)7-9-25-18/h2-5,10-11,16H,6-9,12H2,1H3. The fraction of sp³-hybridized carbons (Fsp3) is 0.350. The van der Waals surface area contributed by atoms with Crippen LogP contribution in [0, 0.1) is 5.82 Å². The van der Waals surface area contributed by atoms with Crippen LogP contribution in [-0.2, 0) is 6.42 Å². The number of hydrogen-bond acceptors (Lipinski definition) is 3. The average Bonchev–Trinajstić information content (AvgIpc) is 3.29. The molecule has 0 saturated carbocycles. The number of methoxy groups -OCH3 is 1. The first-order valence-electron chi connectivity index (χ1n) is 8.54. The van der Waals surface area contributed by atoms with Gasteiger partial charge in [0.05, 0.1) is 13.7 Å². The van der Waals surface area contributed by atoms with Crippen molar-refractivity contribution in [2.75, 3.05) is 26.8 Å². The Morgan fingerprint density at radius 1 is 1.28 bits per heavy atom. The van der Waals surface area contributed by atoms with Crippen LogP contribution in [0.15, 0.2) is 36.4 Å². The Kier molecular flexibility index (Phi) is 4.07. The molecule has 130 valence electrons. The highest BCUT2D eigenvalue weighted by Gasteiger charge is 2.29. The van der Waals surface area contributed by atoms with Gasteiger partial charge in [0.2, 0.25) is 0 Å². The SMILES string of the molecule is COc1ccc(C(=O)N2CCC(c3ccc4c(c3)CCO4)C2)cc1F. The number of halogens is 1. The number of benzene rings is 2. The smallest absolute Gasteiger partial charge is 0.253 e. The zero-order valence-corrected chi connectivity index (χ0v) is 14.1. The first-order valence-corrected chi connectivity index (χ1v) is 8.54. The summed E-state index contributed by atoms with van der Waals surface area (Å²) in [4.78, 5) is 14.5. The molecule has 0 radical (unpaired) electrons. The van der Waals surface area contributed by atoms with Crippen LogP contribution in [0.2, 0.25) is 0 Å². The van der Waals surface area contributed by atoms with Crippen LogP contribution in [-0.4, -0.2) is 37.6 Å².